The van der Waals surface area contributed by atoms with Gasteiger partial charge in [-0.1, -0.05) is 6.92 Å². The van der Waals surface area contributed by atoms with E-state index in [1.54, 1.807) is 0 Å². The van der Waals surface area contributed by atoms with Crippen LogP contribution >= 0.6 is 0 Å². The third-order valence-electron chi connectivity index (χ3n) is 2.55. The van der Waals surface area contributed by atoms with E-state index in [-0.39, 0.29) is 5.54 Å². The van der Waals surface area contributed by atoms with Crippen molar-refractivity contribution in [3.8, 4) is 0 Å². The molecule has 98 valence electrons. The second-order valence-corrected chi connectivity index (χ2v) is 5.43. The maximum Gasteiger partial charge on any atom is 0.117 e. The molecule has 0 saturated heterocycles. The van der Waals surface area contributed by atoms with Crippen LogP contribution < -0.4 is 10.6 Å². The van der Waals surface area contributed by atoms with Gasteiger partial charge in [0.15, 0.2) is 0 Å². The van der Waals surface area contributed by atoms with Gasteiger partial charge in [-0.15, -0.1) is 0 Å². The van der Waals surface area contributed by atoms with Crippen LogP contribution in [0.5, 0.6) is 0 Å². The summed E-state index contributed by atoms with van der Waals surface area (Å²) in [6.45, 7) is 11.6. The summed E-state index contributed by atoms with van der Waals surface area (Å²) in [6, 6.07) is 4.11. The summed E-state index contributed by atoms with van der Waals surface area (Å²) >= 11 is 0. The summed E-state index contributed by atoms with van der Waals surface area (Å²) in [5.74, 6) is 2.10. The van der Waals surface area contributed by atoms with Crippen LogP contribution in [-0.4, -0.2) is 18.6 Å². The molecule has 0 aromatic carbocycles. The quantitative estimate of drug-likeness (QED) is 0.717. The highest BCUT2D eigenvalue weighted by atomic mass is 16.3. The van der Waals surface area contributed by atoms with Crippen molar-refractivity contribution in [2.45, 2.75) is 52.6 Å². The van der Waals surface area contributed by atoms with Crippen molar-refractivity contribution in [3.05, 3.63) is 23.7 Å². The van der Waals surface area contributed by atoms with Crippen LogP contribution in [0.25, 0.3) is 0 Å². The predicted molar refractivity (Wildman–Crippen MR) is 72.2 cm³/mol. The van der Waals surface area contributed by atoms with Crippen molar-refractivity contribution >= 4 is 0 Å². The Hall–Kier alpha value is -0.800. The Balaban J connectivity index is 2.04. The molecule has 0 unspecified atom stereocenters. The molecule has 0 atom stereocenters. The predicted octanol–water partition coefficient (Wildman–Crippen LogP) is 2.71. The third kappa shape index (κ3) is 6.49. The van der Waals surface area contributed by atoms with Crippen LogP contribution in [0.4, 0.5) is 0 Å². The Morgan fingerprint density at radius 2 is 1.82 bits per heavy atom. The Morgan fingerprint density at radius 1 is 1.12 bits per heavy atom. The molecule has 1 aromatic heterocycles. The Labute approximate surface area is 105 Å². The molecule has 0 bridgehead atoms. The molecular weight excluding hydrogens is 212 g/mol. The number of aryl methyl sites for hydroxylation is 1. The van der Waals surface area contributed by atoms with E-state index in [1.807, 2.05) is 0 Å². The van der Waals surface area contributed by atoms with Gasteiger partial charge in [0.2, 0.25) is 0 Å². The monoisotopic (exact) mass is 238 g/mol. The lowest BCUT2D eigenvalue weighted by atomic mass is 10.1. The van der Waals surface area contributed by atoms with Crippen LogP contribution in [0.2, 0.25) is 0 Å². The maximum atomic E-state index is 5.62. The van der Waals surface area contributed by atoms with E-state index in [1.165, 1.54) is 0 Å². The fourth-order valence-electron chi connectivity index (χ4n) is 1.60. The third-order valence-corrected chi connectivity index (χ3v) is 2.55. The Morgan fingerprint density at radius 3 is 2.41 bits per heavy atom. The van der Waals surface area contributed by atoms with E-state index in [4.69, 9.17) is 4.42 Å². The molecule has 0 radical (unpaired) electrons. The molecular formula is C14H26N2O. The number of hydrogen-bond acceptors (Lipinski definition) is 3. The summed E-state index contributed by atoms with van der Waals surface area (Å²) in [5, 5.41) is 6.86. The van der Waals surface area contributed by atoms with Crippen LogP contribution in [-0.2, 0) is 13.0 Å². The van der Waals surface area contributed by atoms with Crippen LogP contribution in [0.15, 0.2) is 16.5 Å². The standard InChI is InChI=1S/C14H26N2O/c1-5-12-7-8-13(17-12)11-15-9-6-10-16-14(2,3)4/h7-8,15-16H,5-6,9-11H2,1-4H3. The maximum absolute atomic E-state index is 5.62. The molecule has 1 aromatic rings. The van der Waals surface area contributed by atoms with Gasteiger partial charge >= 0.3 is 0 Å². The summed E-state index contributed by atoms with van der Waals surface area (Å²) in [6.07, 6.45) is 2.11. The van der Waals surface area contributed by atoms with Gasteiger partial charge in [0.1, 0.15) is 11.5 Å². The molecule has 0 aliphatic rings. The second-order valence-electron chi connectivity index (χ2n) is 5.43. The Kier molecular flexibility index (Phi) is 5.72. The minimum Gasteiger partial charge on any atom is -0.465 e. The SMILES string of the molecule is CCc1ccc(CNCCCNC(C)(C)C)o1. The highest BCUT2D eigenvalue weighted by Crippen LogP contribution is 2.07. The van der Waals surface area contributed by atoms with Crippen molar-refractivity contribution in [2.24, 2.45) is 0 Å². The van der Waals surface area contributed by atoms with Gasteiger partial charge in [-0.3, -0.25) is 0 Å². The fourth-order valence-corrected chi connectivity index (χ4v) is 1.60. The molecule has 0 saturated carbocycles. The van der Waals surface area contributed by atoms with Crippen molar-refractivity contribution in [2.75, 3.05) is 13.1 Å². The van der Waals surface area contributed by atoms with Crippen LogP contribution in [0, 0.1) is 0 Å². The lowest BCUT2D eigenvalue weighted by molar-refractivity contribution is 0.412. The normalized spacial score (nSPS) is 12.0. The van der Waals surface area contributed by atoms with Gasteiger partial charge in [0, 0.05) is 12.0 Å². The minimum absolute atomic E-state index is 0.219. The lowest BCUT2D eigenvalue weighted by Crippen LogP contribution is -2.37. The number of hydrogen-bond donors (Lipinski definition) is 2. The van der Waals surface area contributed by atoms with E-state index in [9.17, 15) is 0 Å². The first-order valence-electron chi connectivity index (χ1n) is 6.54. The van der Waals surface area contributed by atoms with E-state index >= 15 is 0 Å². The largest absolute Gasteiger partial charge is 0.465 e. The molecule has 3 heteroatoms. The number of nitrogens with one attached hydrogen (secondary N) is 2. The number of rotatable bonds is 7. The molecule has 0 aliphatic heterocycles. The van der Waals surface area contributed by atoms with Crippen molar-refractivity contribution in [3.63, 3.8) is 0 Å². The zero-order valence-corrected chi connectivity index (χ0v) is 11.6. The summed E-state index contributed by atoms with van der Waals surface area (Å²) < 4.78 is 5.62. The first kappa shape index (κ1) is 14.3. The second kappa shape index (κ2) is 6.82. The molecule has 1 heterocycles. The van der Waals surface area contributed by atoms with Gasteiger partial charge in [0.05, 0.1) is 6.54 Å². The Bertz CT molecular complexity index is 312. The van der Waals surface area contributed by atoms with Crippen molar-refractivity contribution < 1.29 is 4.42 Å². The average Bonchev–Trinajstić information content (AvgIpc) is 2.69. The molecule has 0 fully saturated rings. The van der Waals surface area contributed by atoms with Gasteiger partial charge in [-0.25, -0.2) is 0 Å². The lowest BCUT2D eigenvalue weighted by Gasteiger charge is -2.20. The zero-order valence-electron chi connectivity index (χ0n) is 11.6. The van der Waals surface area contributed by atoms with E-state index in [0.29, 0.717) is 0 Å². The first-order valence-corrected chi connectivity index (χ1v) is 6.54. The summed E-state index contributed by atoms with van der Waals surface area (Å²) in [5.41, 5.74) is 0.219. The van der Waals surface area contributed by atoms with Crippen molar-refractivity contribution in [1.29, 1.82) is 0 Å². The smallest absolute Gasteiger partial charge is 0.117 e. The van der Waals surface area contributed by atoms with Crippen molar-refractivity contribution in [1.82, 2.24) is 10.6 Å². The average molecular weight is 238 g/mol. The summed E-state index contributed by atoms with van der Waals surface area (Å²) in [4.78, 5) is 0. The van der Waals surface area contributed by atoms with Gasteiger partial charge < -0.3 is 15.1 Å². The summed E-state index contributed by atoms with van der Waals surface area (Å²) in [7, 11) is 0. The highest BCUT2D eigenvalue weighted by molar-refractivity contribution is 5.06. The molecule has 17 heavy (non-hydrogen) atoms. The van der Waals surface area contributed by atoms with Crippen LogP contribution in [0.3, 0.4) is 0 Å². The molecule has 3 nitrogen and oxygen atoms in total. The minimum atomic E-state index is 0.219. The molecule has 0 spiro atoms. The van der Waals surface area contributed by atoms with E-state index in [2.05, 4.69) is 50.5 Å². The molecule has 0 aliphatic carbocycles. The first-order chi connectivity index (χ1) is 8.01. The fraction of sp³-hybridized carbons (Fsp3) is 0.714. The van der Waals surface area contributed by atoms with Gasteiger partial charge in [0.25, 0.3) is 0 Å². The molecule has 2 N–H and O–H groups in total. The topological polar surface area (TPSA) is 37.2 Å². The van der Waals surface area contributed by atoms with Gasteiger partial charge in [-0.2, -0.15) is 0 Å². The highest BCUT2D eigenvalue weighted by Gasteiger charge is 2.06. The molecule has 1 rings (SSSR count). The van der Waals surface area contributed by atoms with E-state index in [0.717, 1.165) is 44.0 Å². The zero-order chi connectivity index (χ0) is 12.7. The van der Waals surface area contributed by atoms with Gasteiger partial charge in [-0.05, 0) is 52.4 Å². The van der Waals surface area contributed by atoms with E-state index < -0.39 is 0 Å². The number of furan rings is 1. The molecule has 0 amide bonds. The van der Waals surface area contributed by atoms with Crippen LogP contribution in [0.1, 0.15) is 45.6 Å².